The fourth-order valence-corrected chi connectivity index (χ4v) is 5.25. The van der Waals surface area contributed by atoms with Gasteiger partial charge >= 0.3 is 0 Å². The summed E-state index contributed by atoms with van der Waals surface area (Å²) in [5, 5.41) is 1.11. The number of ether oxygens (including phenoxy) is 1. The predicted octanol–water partition coefficient (Wildman–Crippen LogP) is 4.49. The lowest BCUT2D eigenvalue weighted by Crippen LogP contribution is -2.34. The highest BCUT2D eigenvalue weighted by atomic mass is 32.2. The van der Waals surface area contributed by atoms with E-state index in [1.165, 1.54) is 9.88 Å². The molecule has 3 aromatic rings. The monoisotopic (exact) mass is 425 g/mol. The highest BCUT2D eigenvalue weighted by molar-refractivity contribution is 7.89. The van der Waals surface area contributed by atoms with Crippen LogP contribution in [0.3, 0.4) is 0 Å². The predicted molar refractivity (Wildman–Crippen MR) is 119 cm³/mol. The van der Waals surface area contributed by atoms with Gasteiger partial charge in [-0.1, -0.05) is 6.08 Å². The van der Waals surface area contributed by atoms with Crippen molar-refractivity contribution in [1.82, 2.24) is 13.9 Å². The number of rotatable bonds is 6. The summed E-state index contributed by atoms with van der Waals surface area (Å²) in [4.78, 5) is 4.85. The maximum Gasteiger partial charge on any atom is 0.243 e. The summed E-state index contributed by atoms with van der Waals surface area (Å²) in [6.07, 6.45) is 6.65. The molecule has 4 rings (SSSR count). The van der Waals surface area contributed by atoms with Crippen LogP contribution in [-0.4, -0.2) is 42.0 Å². The van der Waals surface area contributed by atoms with Crippen LogP contribution >= 0.6 is 0 Å². The Labute approximate surface area is 177 Å². The molecule has 0 atom stereocenters. The first-order chi connectivity index (χ1) is 14.4. The van der Waals surface area contributed by atoms with E-state index in [-0.39, 0.29) is 0 Å². The SMILES string of the molecule is CCOc1ccc(S(=O)(=O)N2CC=C(c3cn(C(C)C)c4ncccc34)CC2)cc1. The molecule has 0 aliphatic carbocycles. The summed E-state index contributed by atoms with van der Waals surface area (Å²) in [6.45, 7) is 7.54. The standard InChI is InChI=1S/C23H27N3O3S/c1-4-29-19-7-9-20(10-8-19)30(27,28)25-14-11-18(12-15-25)22-16-26(17(2)3)23-21(22)6-5-13-24-23/h5-11,13,16-17H,4,12,14-15H2,1-3H3. The van der Waals surface area contributed by atoms with Crippen molar-refractivity contribution in [2.24, 2.45) is 0 Å². The summed E-state index contributed by atoms with van der Waals surface area (Å²) >= 11 is 0. The Balaban J connectivity index is 1.59. The Bertz CT molecular complexity index is 1180. The van der Waals surface area contributed by atoms with Gasteiger partial charge in [0.25, 0.3) is 0 Å². The third-order valence-corrected chi connectivity index (χ3v) is 7.32. The minimum atomic E-state index is -3.53. The van der Waals surface area contributed by atoms with E-state index in [9.17, 15) is 8.42 Å². The van der Waals surface area contributed by atoms with Gasteiger partial charge < -0.3 is 9.30 Å². The molecule has 0 radical (unpaired) electrons. The number of benzene rings is 1. The van der Waals surface area contributed by atoms with E-state index in [1.807, 2.05) is 25.3 Å². The lowest BCUT2D eigenvalue weighted by atomic mass is 10.0. The maximum absolute atomic E-state index is 13.0. The van der Waals surface area contributed by atoms with Crippen molar-refractivity contribution in [2.75, 3.05) is 19.7 Å². The summed E-state index contributed by atoms with van der Waals surface area (Å²) in [5.74, 6) is 0.674. The molecule has 1 aromatic carbocycles. The van der Waals surface area contributed by atoms with Crippen LogP contribution in [0, 0.1) is 0 Å². The number of sulfonamides is 1. The van der Waals surface area contributed by atoms with Crippen LogP contribution in [0.2, 0.25) is 0 Å². The van der Waals surface area contributed by atoms with Crippen molar-refractivity contribution in [3.63, 3.8) is 0 Å². The molecular weight excluding hydrogens is 398 g/mol. The average Bonchev–Trinajstić information content (AvgIpc) is 3.15. The van der Waals surface area contributed by atoms with Crippen molar-refractivity contribution < 1.29 is 13.2 Å². The van der Waals surface area contributed by atoms with Crippen LogP contribution < -0.4 is 4.74 Å². The molecule has 0 N–H and O–H groups in total. The molecule has 2 aromatic heterocycles. The van der Waals surface area contributed by atoms with Crippen LogP contribution in [0.1, 0.15) is 38.8 Å². The van der Waals surface area contributed by atoms with E-state index in [0.29, 0.717) is 42.8 Å². The van der Waals surface area contributed by atoms with E-state index in [2.05, 4.69) is 35.7 Å². The third kappa shape index (κ3) is 3.75. The lowest BCUT2D eigenvalue weighted by molar-refractivity contribution is 0.340. The first-order valence-electron chi connectivity index (χ1n) is 10.3. The molecule has 0 saturated heterocycles. The fourth-order valence-electron chi connectivity index (χ4n) is 3.87. The minimum absolute atomic E-state index is 0.295. The summed E-state index contributed by atoms with van der Waals surface area (Å²) < 4.78 is 35.2. The molecule has 3 heterocycles. The van der Waals surface area contributed by atoms with E-state index < -0.39 is 10.0 Å². The minimum Gasteiger partial charge on any atom is -0.494 e. The topological polar surface area (TPSA) is 64.4 Å². The van der Waals surface area contributed by atoms with Crippen LogP contribution in [0.15, 0.2) is 59.8 Å². The van der Waals surface area contributed by atoms with Gasteiger partial charge in [-0.3, -0.25) is 0 Å². The highest BCUT2D eigenvalue weighted by Gasteiger charge is 2.27. The van der Waals surface area contributed by atoms with Crippen molar-refractivity contribution in [2.45, 2.75) is 38.1 Å². The van der Waals surface area contributed by atoms with E-state index in [4.69, 9.17) is 4.74 Å². The van der Waals surface area contributed by atoms with Crippen molar-refractivity contribution in [3.05, 3.63) is 60.4 Å². The molecule has 0 fully saturated rings. The lowest BCUT2D eigenvalue weighted by Gasteiger charge is -2.26. The molecule has 1 aliphatic rings. The van der Waals surface area contributed by atoms with Gasteiger partial charge in [-0.05, 0) is 69.2 Å². The molecule has 0 amide bonds. The Kier molecular flexibility index (Phi) is 5.66. The molecule has 6 nitrogen and oxygen atoms in total. The smallest absolute Gasteiger partial charge is 0.243 e. The summed E-state index contributed by atoms with van der Waals surface area (Å²) in [5.41, 5.74) is 3.28. The molecular formula is C23H27N3O3S. The van der Waals surface area contributed by atoms with Crippen molar-refractivity contribution in [1.29, 1.82) is 0 Å². The largest absolute Gasteiger partial charge is 0.494 e. The van der Waals surface area contributed by atoms with E-state index in [0.717, 1.165) is 16.6 Å². The second kappa shape index (κ2) is 8.24. The van der Waals surface area contributed by atoms with Gasteiger partial charge in [0.15, 0.2) is 0 Å². The molecule has 158 valence electrons. The van der Waals surface area contributed by atoms with Crippen LogP contribution in [-0.2, 0) is 10.0 Å². The van der Waals surface area contributed by atoms with Crippen LogP contribution in [0.5, 0.6) is 5.75 Å². The van der Waals surface area contributed by atoms with Gasteiger partial charge in [0, 0.05) is 42.5 Å². The van der Waals surface area contributed by atoms with Gasteiger partial charge in [-0.15, -0.1) is 0 Å². The van der Waals surface area contributed by atoms with Crippen LogP contribution in [0.25, 0.3) is 16.6 Å². The van der Waals surface area contributed by atoms with Gasteiger partial charge in [-0.2, -0.15) is 4.31 Å². The Morgan fingerprint density at radius 1 is 1.17 bits per heavy atom. The van der Waals surface area contributed by atoms with Gasteiger partial charge in [0.2, 0.25) is 10.0 Å². The third-order valence-electron chi connectivity index (χ3n) is 5.44. The first kappa shape index (κ1) is 20.6. The first-order valence-corrected chi connectivity index (χ1v) is 11.7. The number of hydrogen-bond acceptors (Lipinski definition) is 4. The zero-order chi connectivity index (χ0) is 21.3. The molecule has 0 saturated carbocycles. The quantitative estimate of drug-likeness (QED) is 0.584. The van der Waals surface area contributed by atoms with Crippen molar-refractivity contribution in [3.8, 4) is 5.75 Å². The Morgan fingerprint density at radius 3 is 2.57 bits per heavy atom. The number of nitrogens with zero attached hydrogens (tertiary/aromatic N) is 3. The van der Waals surface area contributed by atoms with E-state index >= 15 is 0 Å². The summed E-state index contributed by atoms with van der Waals surface area (Å²) in [7, 11) is -3.53. The average molecular weight is 426 g/mol. The van der Waals surface area contributed by atoms with E-state index in [1.54, 1.807) is 24.3 Å². The number of pyridine rings is 1. The molecule has 1 aliphatic heterocycles. The normalized spacial score (nSPS) is 15.5. The highest BCUT2D eigenvalue weighted by Crippen LogP contribution is 2.33. The molecule has 7 heteroatoms. The van der Waals surface area contributed by atoms with Gasteiger partial charge in [0.1, 0.15) is 11.4 Å². The van der Waals surface area contributed by atoms with Crippen LogP contribution in [0.4, 0.5) is 0 Å². The summed E-state index contributed by atoms with van der Waals surface area (Å²) in [6, 6.07) is 11.0. The number of aromatic nitrogens is 2. The fraction of sp³-hybridized carbons (Fsp3) is 0.348. The molecule has 30 heavy (non-hydrogen) atoms. The molecule has 0 unspecified atom stereocenters. The number of hydrogen-bond donors (Lipinski definition) is 0. The van der Waals surface area contributed by atoms with Gasteiger partial charge in [-0.25, -0.2) is 13.4 Å². The Morgan fingerprint density at radius 2 is 1.93 bits per heavy atom. The second-order valence-electron chi connectivity index (χ2n) is 7.67. The zero-order valence-corrected chi connectivity index (χ0v) is 18.4. The number of fused-ring (bicyclic) bond motifs is 1. The molecule has 0 bridgehead atoms. The molecule has 0 spiro atoms. The maximum atomic E-state index is 13.0. The zero-order valence-electron chi connectivity index (χ0n) is 17.6. The second-order valence-corrected chi connectivity index (χ2v) is 9.60. The van der Waals surface area contributed by atoms with Crippen molar-refractivity contribution >= 4 is 26.6 Å². The Hall–Kier alpha value is -2.64. The van der Waals surface area contributed by atoms with Gasteiger partial charge in [0.05, 0.1) is 11.5 Å².